The summed E-state index contributed by atoms with van der Waals surface area (Å²) in [6, 6.07) is 16.3. The van der Waals surface area contributed by atoms with E-state index in [1.165, 1.54) is 5.56 Å². The molecule has 0 fully saturated rings. The topological polar surface area (TPSA) is 51.8 Å². The van der Waals surface area contributed by atoms with E-state index in [2.05, 4.69) is 22.1 Å². The molecule has 0 spiro atoms. The van der Waals surface area contributed by atoms with Crippen LogP contribution in [-0.4, -0.2) is 9.97 Å². The van der Waals surface area contributed by atoms with Crippen molar-refractivity contribution >= 4 is 11.0 Å². The lowest BCUT2D eigenvalue weighted by Gasteiger charge is -2.12. The molecule has 2 aromatic carbocycles. The Kier molecular flexibility index (Phi) is 3.21. The minimum absolute atomic E-state index is 0.0196. The van der Waals surface area contributed by atoms with E-state index in [0.29, 0.717) is 0 Å². The smallest absolute Gasteiger partial charge is 0.0890 e. The average molecular weight is 249 g/mol. The Balaban J connectivity index is 1.87. The molecule has 0 radical (unpaired) electrons. The molecule has 3 rings (SSSR count). The van der Waals surface area contributed by atoms with Crippen LogP contribution in [0, 0.1) is 0 Å². The first-order valence-corrected chi connectivity index (χ1v) is 6.33. The Labute approximate surface area is 112 Å². The zero-order valence-electron chi connectivity index (χ0n) is 10.5. The maximum absolute atomic E-state index is 6.27. The lowest BCUT2D eigenvalue weighted by atomic mass is 9.99. The Morgan fingerprint density at radius 3 is 2.42 bits per heavy atom. The summed E-state index contributed by atoms with van der Waals surface area (Å²) in [6.45, 7) is 0. The third-order valence-corrected chi connectivity index (χ3v) is 3.22. The van der Waals surface area contributed by atoms with Gasteiger partial charge in [0.1, 0.15) is 0 Å². The molecule has 0 bridgehead atoms. The first-order valence-electron chi connectivity index (χ1n) is 6.33. The van der Waals surface area contributed by atoms with E-state index in [9.17, 15) is 0 Å². The summed E-state index contributed by atoms with van der Waals surface area (Å²) in [5.74, 6) is 0. The maximum atomic E-state index is 6.27. The molecule has 0 aliphatic carbocycles. The van der Waals surface area contributed by atoms with E-state index >= 15 is 0 Å². The minimum atomic E-state index is -0.0196. The summed E-state index contributed by atoms with van der Waals surface area (Å²) in [5.41, 5.74) is 10.4. The largest absolute Gasteiger partial charge is 0.324 e. The van der Waals surface area contributed by atoms with Crippen molar-refractivity contribution in [2.75, 3.05) is 0 Å². The van der Waals surface area contributed by atoms with Gasteiger partial charge < -0.3 is 5.73 Å². The van der Waals surface area contributed by atoms with Crippen molar-refractivity contribution in [3.63, 3.8) is 0 Å². The predicted molar refractivity (Wildman–Crippen MR) is 76.6 cm³/mol. The van der Waals surface area contributed by atoms with Crippen LogP contribution >= 0.6 is 0 Å². The van der Waals surface area contributed by atoms with Crippen LogP contribution in [0.15, 0.2) is 60.9 Å². The molecule has 3 heteroatoms. The van der Waals surface area contributed by atoms with Crippen LogP contribution in [0.3, 0.4) is 0 Å². The van der Waals surface area contributed by atoms with Gasteiger partial charge in [-0.15, -0.1) is 0 Å². The van der Waals surface area contributed by atoms with Gasteiger partial charge in [0, 0.05) is 18.4 Å². The fourth-order valence-electron chi connectivity index (χ4n) is 2.20. The third kappa shape index (κ3) is 2.61. The molecular weight excluding hydrogens is 234 g/mol. The highest BCUT2D eigenvalue weighted by molar-refractivity contribution is 5.74. The third-order valence-electron chi connectivity index (χ3n) is 3.22. The highest BCUT2D eigenvalue weighted by atomic mass is 14.8. The van der Waals surface area contributed by atoms with Crippen LogP contribution in [0.1, 0.15) is 17.2 Å². The van der Waals surface area contributed by atoms with E-state index in [-0.39, 0.29) is 6.04 Å². The van der Waals surface area contributed by atoms with Gasteiger partial charge >= 0.3 is 0 Å². The second kappa shape index (κ2) is 5.16. The van der Waals surface area contributed by atoms with Crippen molar-refractivity contribution in [2.24, 2.45) is 5.73 Å². The van der Waals surface area contributed by atoms with E-state index in [4.69, 9.17) is 5.73 Å². The van der Waals surface area contributed by atoms with Gasteiger partial charge in [0.25, 0.3) is 0 Å². The number of nitrogens with two attached hydrogens (primary N) is 1. The molecule has 0 saturated heterocycles. The molecule has 1 aromatic heterocycles. The van der Waals surface area contributed by atoms with E-state index in [1.807, 2.05) is 36.4 Å². The number of rotatable bonds is 3. The first-order chi connectivity index (χ1) is 9.33. The van der Waals surface area contributed by atoms with Gasteiger partial charge in [-0.25, -0.2) is 0 Å². The molecule has 3 nitrogen and oxygen atoms in total. The molecular formula is C16H15N3. The van der Waals surface area contributed by atoms with Crippen molar-refractivity contribution in [1.82, 2.24) is 9.97 Å². The highest BCUT2D eigenvalue weighted by Gasteiger charge is 2.08. The first kappa shape index (κ1) is 11.8. The fourth-order valence-corrected chi connectivity index (χ4v) is 2.20. The van der Waals surface area contributed by atoms with Crippen molar-refractivity contribution in [1.29, 1.82) is 0 Å². The molecule has 1 unspecified atom stereocenters. The van der Waals surface area contributed by atoms with Crippen LogP contribution in [0.2, 0.25) is 0 Å². The monoisotopic (exact) mass is 249 g/mol. The summed E-state index contributed by atoms with van der Waals surface area (Å²) in [5, 5.41) is 0. The SMILES string of the molecule is NC(Cc1ccccc1)c1ccc2nccnc2c1. The molecule has 0 saturated carbocycles. The van der Waals surface area contributed by atoms with Gasteiger partial charge in [0.2, 0.25) is 0 Å². The summed E-state index contributed by atoms with van der Waals surface area (Å²) in [7, 11) is 0. The standard InChI is InChI=1S/C16H15N3/c17-14(10-12-4-2-1-3-5-12)13-6-7-15-16(11-13)19-9-8-18-15/h1-9,11,14H,10,17H2. The van der Waals surface area contributed by atoms with Crippen LogP contribution < -0.4 is 5.73 Å². The summed E-state index contributed by atoms with van der Waals surface area (Å²) < 4.78 is 0. The van der Waals surface area contributed by atoms with Crippen molar-refractivity contribution < 1.29 is 0 Å². The number of hydrogen-bond acceptors (Lipinski definition) is 3. The summed E-state index contributed by atoms with van der Waals surface area (Å²) >= 11 is 0. The Hall–Kier alpha value is -2.26. The van der Waals surface area contributed by atoms with Crippen LogP contribution in [-0.2, 0) is 6.42 Å². The van der Waals surface area contributed by atoms with Crippen LogP contribution in [0.25, 0.3) is 11.0 Å². The number of benzene rings is 2. The number of hydrogen-bond donors (Lipinski definition) is 1. The van der Waals surface area contributed by atoms with Crippen molar-refractivity contribution in [3.05, 3.63) is 72.1 Å². The molecule has 2 N–H and O–H groups in total. The van der Waals surface area contributed by atoms with Gasteiger partial charge in [-0.05, 0) is 29.7 Å². The molecule has 3 aromatic rings. The molecule has 19 heavy (non-hydrogen) atoms. The lowest BCUT2D eigenvalue weighted by Crippen LogP contribution is -2.13. The Morgan fingerprint density at radius 2 is 1.63 bits per heavy atom. The number of aromatic nitrogens is 2. The lowest BCUT2D eigenvalue weighted by molar-refractivity contribution is 0.723. The van der Waals surface area contributed by atoms with Crippen LogP contribution in [0.5, 0.6) is 0 Å². The minimum Gasteiger partial charge on any atom is -0.324 e. The van der Waals surface area contributed by atoms with Gasteiger partial charge in [-0.1, -0.05) is 36.4 Å². The van der Waals surface area contributed by atoms with Gasteiger partial charge in [0.05, 0.1) is 11.0 Å². The highest BCUT2D eigenvalue weighted by Crippen LogP contribution is 2.19. The summed E-state index contributed by atoms with van der Waals surface area (Å²) in [4.78, 5) is 8.58. The zero-order chi connectivity index (χ0) is 13.1. The van der Waals surface area contributed by atoms with Gasteiger partial charge in [-0.2, -0.15) is 0 Å². The molecule has 94 valence electrons. The van der Waals surface area contributed by atoms with E-state index in [0.717, 1.165) is 23.0 Å². The number of fused-ring (bicyclic) bond motifs is 1. The Bertz CT molecular complexity index is 680. The maximum Gasteiger partial charge on any atom is 0.0890 e. The normalized spacial score (nSPS) is 12.5. The average Bonchev–Trinajstić information content (AvgIpc) is 2.48. The number of nitrogens with zero attached hydrogens (tertiary/aromatic N) is 2. The van der Waals surface area contributed by atoms with Crippen molar-refractivity contribution in [3.8, 4) is 0 Å². The second-order valence-corrected chi connectivity index (χ2v) is 4.60. The van der Waals surface area contributed by atoms with E-state index in [1.54, 1.807) is 12.4 Å². The zero-order valence-corrected chi connectivity index (χ0v) is 10.5. The molecule has 1 heterocycles. The van der Waals surface area contributed by atoms with Crippen molar-refractivity contribution in [2.45, 2.75) is 12.5 Å². The Morgan fingerprint density at radius 1 is 0.895 bits per heavy atom. The van der Waals surface area contributed by atoms with Gasteiger partial charge in [0.15, 0.2) is 0 Å². The molecule has 0 aliphatic heterocycles. The van der Waals surface area contributed by atoms with Gasteiger partial charge in [-0.3, -0.25) is 9.97 Å². The quantitative estimate of drug-likeness (QED) is 0.776. The predicted octanol–water partition coefficient (Wildman–Crippen LogP) is 2.87. The fraction of sp³-hybridized carbons (Fsp3) is 0.125. The molecule has 0 amide bonds. The van der Waals surface area contributed by atoms with E-state index < -0.39 is 0 Å². The summed E-state index contributed by atoms with van der Waals surface area (Å²) in [6.07, 6.45) is 4.23. The molecule has 1 atom stereocenters. The van der Waals surface area contributed by atoms with Crippen LogP contribution in [0.4, 0.5) is 0 Å². The molecule has 0 aliphatic rings. The second-order valence-electron chi connectivity index (χ2n) is 4.60.